The van der Waals surface area contributed by atoms with Crippen LogP contribution in [0.3, 0.4) is 0 Å². The summed E-state index contributed by atoms with van der Waals surface area (Å²) in [5.74, 6) is 0.581. The van der Waals surface area contributed by atoms with Crippen molar-refractivity contribution in [1.82, 2.24) is 4.98 Å². The number of aliphatic imine (C=N–C) groups is 1. The van der Waals surface area contributed by atoms with Crippen LogP contribution in [0.2, 0.25) is 0 Å². The van der Waals surface area contributed by atoms with E-state index in [1.54, 1.807) is 0 Å². The number of para-hydroxylation sites is 1. The third-order valence-electron chi connectivity index (χ3n) is 4.15. The SMILES string of the molecule is OC1OC(CCc2ccccc2)=N/C1=C/c1c[nH]c2ccccc12. The predicted octanol–water partition coefficient (Wildman–Crippen LogP) is 3.89. The molecular formula is C20H18N2O2. The first-order valence-electron chi connectivity index (χ1n) is 8.03. The number of aryl methyl sites for hydroxylation is 1. The number of hydrogen-bond acceptors (Lipinski definition) is 3. The predicted molar refractivity (Wildman–Crippen MR) is 95.6 cm³/mol. The van der Waals surface area contributed by atoms with Crippen molar-refractivity contribution in [3.05, 3.63) is 77.6 Å². The molecule has 4 rings (SSSR count). The van der Waals surface area contributed by atoms with E-state index in [1.165, 1.54) is 5.56 Å². The van der Waals surface area contributed by atoms with Crippen molar-refractivity contribution in [3.63, 3.8) is 0 Å². The minimum Gasteiger partial charge on any atom is -0.446 e. The summed E-state index contributed by atoms with van der Waals surface area (Å²) in [6, 6.07) is 18.2. The minimum absolute atomic E-state index is 0.544. The van der Waals surface area contributed by atoms with Crippen LogP contribution in [0.4, 0.5) is 0 Å². The minimum atomic E-state index is -0.996. The summed E-state index contributed by atoms with van der Waals surface area (Å²) < 4.78 is 5.48. The van der Waals surface area contributed by atoms with E-state index in [9.17, 15) is 5.11 Å². The van der Waals surface area contributed by atoms with E-state index in [2.05, 4.69) is 22.1 Å². The van der Waals surface area contributed by atoms with Crippen LogP contribution in [0.1, 0.15) is 17.5 Å². The first-order valence-corrected chi connectivity index (χ1v) is 8.03. The van der Waals surface area contributed by atoms with Crippen LogP contribution in [-0.4, -0.2) is 22.3 Å². The fourth-order valence-electron chi connectivity index (χ4n) is 2.90. The molecule has 0 radical (unpaired) electrons. The number of fused-ring (bicyclic) bond motifs is 1. The van der Waals surface area contributed by atoms with E-state index < -0.39 is 6.29 Å². The van der Waals surface area contributed by atoms with Gasteiger partial charge in [0.25, 0.3) is 0 Å². The second kappa shape index (κ2) is 6.34. The number of nitrogens with zero attached hydrogens (tertiary/aromatic N) is 1. The van der Waals surface area contributed by atoms with Gasteiger partial charge < -0.3 is 14.8 Å². The lowest BCUT2D eigenvalue weighted by atomic mass is 10.1. The van der Waals surface area contributed by atoms with Crippen LogP contribution < -0.4 is 0 Å². The number of nitrogens with one attached hydrogen (secondary N) is 1. The van der Waals surface area contributed by atoms with Crippen molar-refractivity contribution in [2.45, 2.75) is 19.1 Å². The van der Waals surface area contributed by atoms with Crippen LogP contribution >= 0.6 is 0 Å². The smallest absolute Gasteiger partial charge is 0.242 e. The first-order chi connectivity index (χ1) is 11.8. The number of rotatable bonds is 4. The zero-order valence-corrected chi connectivity index (χ0v) is 13.1. The molecule has 1 aromatic heterocycles. The Morgan fingerprint density at radius 2 is 1.83 bits per heavy atom. The fraction of sp³-hybridized carbons (Fsp3) is 0.150. The number of ether oxygens (including phenoxy) is 1. The number of aliphatic hydroxyl groups is 1. The lowest BCUT2D eigenvalue weighted by molar-refractivity contribution is 0.0153. The Bertz CT molecular complexity index is 910. The Hall–Kier alpha value is -2.85. The number of benzene rings is 2. The number of hydrogen-bond donors (Lipinski definition) is 2. The zero-order chi connectivity index (χ0) is 16.4. The van der Waals surface area contributed by atoms with Crippen LogP contribution in [0.25, 0.3) is 17.0 Å². The topological polar surface area (TPSA) is 57.6 Å². The normalized spacial score (nSPS) is 18.8. The summed E-state index contributed by atoms with van der Waals surface area (Å²) in [7, 11) is 0. The highest BCUT2D eigenvalue weighted by Crippen LogP contribution is 2.25. The molecule has 0 saturated heterocycles. The molecule has 120 valence electrons. The Kier molecular flexibility index (Phi) is 3.89. The van der Waals surface area contributed by atoms with Crippen molar-refractivity contribution in [3.8, 4) is 0 Å². The Morgan fingerprint density at radius 1 is 1.04 bits per heavy atom. The van der Waals surface area contributed by atoms with Gasteiger partial charge >= 0.3 is 0 Å². The maximum absolute atomic E-state index is 10.1. The molecule has 0 aliphatic carbocycles. The van der Waals surface area contributed by atoms with Gasteiger partial charge in [-0.15, -0.1) is 0 Å². The number of aromatic nitrogens is 1. The van der Waals surface area contributed by atoms with Gasteiger partial charge in [-0.05, 0) is 24.1 Å². The van der Waals surface area contributed by atoms with E-state index >= 15 is 0 Å². The van der Waals surface area contributed by atoms with E-state index in [0.717, 1.165) is 22.9 Å². The van der Waals surface area contributed by atoms with E-state index in [1.807, 2.05) is 54.7 Å². The average molecular weight is 318 g/mol. The van der Waals surface area contributed by atoms with E-state index in [-0.39, 0.29) is 0 Å². The van der Waals surface area contributed by atoms with Crippen molar-refractivity contribution in [1.29, 1.82) is 0 Å². The average Bonchev–Trinajstić information content (AvgIpc) is 3.18. The van der Waals surface area contributed by atoms with Gasteiger partial charge in [0.2, 0.25) is 6.29 Å². The molecule has 0 saturated carbocycles. The third kappa shape index (κ3) is 2.96. The molecule has 1 aliphatic heterocycles. The maximum Gasteiger partial charge on any atom is 0.242 e. The van der Waals surface area contributed by atoms with E-state index in [0.29, 0.717) is 18.0 Å². The lowest BCUT2D eigenvalue weighted by Crippen LogP contribution is -2.10. The highest BCUT2D eigenvalue weighted by molar-refractivity contribution is 5.90. The molecule has 3 aromatic rings. The molecule has 0 bridgehead atoms. The van der Waals surface area contributed by atoms with Crippen LogP contribution in [0.5, 0.6) is 0 Å². The zero-order valence-electron chi connectivity index (χ0n) is 13.1. The molecule has 4 nitrogen and oxygen atoms in total. The van der Waals surface area contributed by atoms with Gasteiger partial charge in [-0.25, -0.2) is 4.99 Å². The van der Waals surface area contributed by atoms with Gasteiger partial charge in [-0.3, -0.25) is 0 Å². The summed E-state index contributed by atoms with van der Waals surface area (Å²) >= 11 is 0. The summed E-state index contributed by atoms with van der Waals surface area (Å²) in [5.41, 5.74) is 3.83. The second-order valence-corrected chi connectivity index (χ2v) is 5.82. The molecule has 0 amide bonds. The Morgan fingerprint density at radius 3 is 2.71 bits per heavy atom. The highest BCUT2D eigenvalue weighted by Gasteiger charge is 2.23. The van der Waals surface area contributed by atoms with Gasteiger partial charge in [0.05, 0.1) is 0 Å². The third-order valence-corrected chi connectivity index (χ3v) is 4.15. The fourth-order valence-corrected chi connectivity index (χ4v) is 2.90. The molecular weight excluding hydrogens is 300 g/mol. The molecule has 0 fully saturated rings. The van der Waals surface area contributed by atoms with E-state index in [4.69, 9.17) is 4.74 Å². The van der Waals surface area contributed by atoms with Gasteiger partial charge in [0.1, 0.15) is 5.70 Å². The number of aromatic amines is 1. The quantitative estimate of drug-likeness (QED) is 0.767. The summed E-state index contributed by atoms with van der Waals surface area (Å²) in [5, 5.41) is 11.2. The number of H-pyrrole nitrogens is 1. The summed E-state index contributed by atoms with van der Waals surface area (Å²) in [6.45, 7) is 0. The molecule has 4 heteroatoms. The molecule has 1 atom stereocenters. The maximum atomic E-state index is 10.1. The second-order valence-electron chi connectivity index (χ2n) is 5.82. The van der Waals surface area contributed by atoms with Crippen LogP contribution in [0.15, 0.2) is 71.5 Å². The number of aliphatic hydroxyl groups excluding tert-OH is 1. The van der Waals surface area contributed by atoms with Crippen molar-refractivity contribution >= 4 is 22.9 Å². The molecule has 1 aliphatic rings. The van der Waals surface area contributed by atoms with Crippen LogP contribution in [0, 0.1) is 0 Å². The highest BCUT2D eigenvalue weighted by atomic mass is 16.6. The van der Waals surface area contributed by atoms with Gasteiger partial charge in [0, 0.05) is 29.1 Å². The monoisotopic (exact) mass is 318 g/mol. The summed E-state index contributed by atoms with van der Waals surface area (Å²) in [6.07, 6.45) is 4.31. The van der Waals surface area contributed by atoms with Gasteiger partial charge in [-0.1, -0.05) is 48.5 Å². The molecule has 24 heavy (non-hydrogen) atoms. The lowest BCUT2D eigenvalue weighted by Gasteiger charge is -2.05. The Labute approximate surface area is 140 Å². The Balaban J connectivity index is 1.54. The van der Waals surface area contributed by atoms with Crippen molar-refractivity contribution in [2.24, 2.45) is 4.99 Å². The van der Waals surface area contributed by atoms with Gasteiger partial charge in [0.15, 0.2) is 5.90 Å². The van der Waals surface area contributed by atoms with Crippen molar-refractivity contribution < 1.29 is 9.84 Å². The molecule has 2 aromatic carbocycles. The molecule has 2 heterocycles. The molecule has 0 spiro atoms. The molecule has 2 N–H and O–H groups in total. The largest absolute Gasteiger partial charge is 0.446 e. The summed E-state index contributed by atoms with van der Waals surface area (Å²) in [4.78, 5) is 7.68. The van der Waals surface area contributed by atoms with Gasteiger partial charge in [-0.2, -0.15) is 0 Å². The first kappa shape index (κ1) is 14.7. The van der Waals surface area contributed by atoms with Crippen molar-refractivity contribution in [2.75, 3.05) is 0 Å². The van der Waals surface area contributed by atoms with Crippen LogP contribution in [-0.2, 0) is 11.2 Å². The standard InChI is InChI=1S/C20H18N2O2/c23-20-18(12-15-13-21-17-9-5-4-8-16(15)17)22-19(24-20)11-10-14-6-2-1-3-7-14/h1-9,12-13,20-21,23H,10-11H2/b18-12+. The molecule has 1 unspecified atom stereocenters.